The number of hydrogen-bond donors (Lipinski definition) is 0. The molecule has 2 fully saturated rings. The van der Waals surface area contributed by atoms with E-state index in [2.05, 4.69) is 0 Å². The van der Waals surface area contributed by atoms with Crippen LogP contribution in [0, 0.1) is 0 Å². The Hall–Kier alpha value is -1.48. The maximum Gasteiger partial charge on any atom is 0.243 e. The smallest absolute Gasteiger partial charge is 0.243 e. The predicted octanol–water partition coefficient (Wildman–Crippen LogP) is 0.499. The van der Waals surface area contributed by atoms with Crippen molar-refractivity contribution in [3.63, 3.8) is 0 Å². The second kappa shape index (κ2) is 8.27. The van der Waals surface area contributed by atoms with E-state index in [0.29, 0.717) is 65.4 Å². The molecule has 2 heterocycles. The highest BCUT2D eigenvalue weighted by Crippen LogP contribution is 2.18. The second-order valence-corrected chi connectivity index (χ2v) is 8.09. The highest BCUT2D eigenvalue weighted by atomic mass is 32.2. The lowest BCUT2D eigenvalue weighted by Gasteiger charge is -2.27. The minimum atomic E-state index is -3.46. The van der Waals surface area contributed by atoms with Crippen molar-refractivity contribution in [1.29, 1.82) is 0 Å². The van der Waals surface area contributed by atoms with E-state index in [1.807, 2.05) is 4.90 Å². The Balaban J connectivity index is 1.57. The summed E-state index contributed by atoms with van der Waals surface area (Å²) in [6, 6.07) is 6.83. The standard InChI is InChI=1S/C17H24N2O5S/c20-17(18-7-11-23-12-8-18)6-3-15-1-4-16(5-2-15)25(21,22)19-9-13-24-14-10-19/h1-2,4-5H,3,6-14H2. The molecule has 0 atom stereocenters. The molecule has 0 saturated carbocycles. The van der Waals surface area contributed by atoms with Crippen molar-refractivity contribution in [3.8, 4) is 0 Å². The minimum Gasteiger partial charge on any atom is -0.379 e. The Morgan fingerprint density at radius 2 is 1.48 bits per heavy atom. The first-order valence-corrected chi connectivity index (χ1v) is 10.0. The number of benzene rings is 1. The van der Waals surface area contributed by atoms with Gasteiger partial charge < -0.3 is 14.4 Å². The highest BCUT2D eigenvalue weighted by Gasteiger charge is 2.26. The molecule has 0 bridgehead atoms. The van der Waals surface area contributed by atoms with Crippen LogP contribution in [-0.4, -0.2) is 76.1 Å². The first kappa shape index (κ1) is 18.3. The average Bonchev–Trinajstić information content (AvgIpc) is 2.68. The number of aryl methyl sites for hydroxylation is 1. The molecule has 0 radical (unpaired) electrons. The Bertz CT molecular complexity index is 677. The molecule has 1 aromatic rings. The van der Waals surface area contributed by atoms with E-state index in [4.69, 9.17) is 9.47 Å². The number of ether oxygens (including phenoxy) is 2. The molecule has 0 spiro atoms. The predicted molar refractivity (Wildman–Crippen MR) is 91.7 cm³/mol. The summed E-state index contributed by atoms with van der Waals surface area (Å²) in [5.41, 5.74) is 0.961. The van der Waals surface area contributed by atoms with Crippen LogP contribution in [0.1, 0.15) is 12.0 Å². The summed E-state index contributed by atoms with van der Waals surface area (Å²) in [4.78, 5) is 14.3. The van der Waals surface area contributed by atoms with E-state index in [1.165, 1.54) is 4.31 Å². The van der Waals surface area contributed by atoms with Crippen LogP contribution in [0.25, 0.3) is 0 Å². The summed E-state index contributed by atoms with van der Waals surface area (Å²) in [7, 11) is -3.46. The van der Waals surface area contributed by atoms with Gasteiger partial charge in [0.15, 0.2) is 0 Å². The van der Waals surface area contributed by atoms with Gasteiger partial charge >= 0.3 is 0 Å². The molecule has 2 saturated heterocycles. The van der Waals surface area contributed by atoms with Gasteiger partial charge in [0.05, 0.1) is 31.3 Å². The molecule has 0 aromatic heterocycles. The van der Waals surface area contributed by atoms with Gasteiger partial charge in [0, 0.05) is 32.6 Å². The quantitative estimate of drug-likeness (QED) is 0.756. The molecule has 0 N–H and O–H groups in total. The van der Waals surface area contributed by atoms with E-state index in [9.17, 15) is 13.2 Å². The molecule has 0 unspecified atom stereocenters. The van der Waals surface area contributed by atoms with Crippen LogP contribution < -0.4 is 0 Å². The van der Waals surface area contributed by atoms with Crippen molar-refractivity contribution >= 4 is 15.9 Å². The van der Waals surface area contributed by atoms with Gasteiger partial charge in [-0.2, -0.15) is 4.31 Å². The highest BCUT2D eigenvalue weighted by molar-refractivity contribution is 7.89. The second-order valence-electron chi connectivity index (χ2n) is 6.15. The van der Waals surface area contributed by atoms with E-state index >= 15 is 0 Å². The topological polar surface area (TPSA) is 76.2 Å². The molecule has 8 heteroatoms. The molecule has 1 aromatic carbocycles. The molecule has 25 heavy (non-hydrogen) atoms. The third-order valence-corrected chi connectivity index (χ3v) is 6.44. The van der Waals surface area contributed by atoms with Crippen LogP contribution in [0.2, 0.25) is 0 Å². The van der Waals surface area contributed by atoms with Crippen LogP contribution in [0.4, 0.5) is 0 Å². The number of carbonyl (C=O) groups is 1. The van der Waals surface area contributed by atoms with Crippen molar-refractivity contribution in [2.75, 3.05) is 52.6 Å². The average molecular weight is 368 g/mol. The SMILES string of the molecule is O=C(CCc1ccc(S(=O)(=O)N2CCOCC2)cc1)N1CCOCC1. The maximum atomic E-state index is 12.6. The van der Waals surface area contributed by atoms with E-state index in [1.54, 1.807) is 24.3 Å². The van der Waals surface area contributed by atoms with Gasteiger partial charge in [-0.1, -0.05) is 12.1 Å². The summed E-state index contributed by atoms with van der Waals surface area (Å²) >= 11 is 0. The fraction of sp³-hybridized carbons (Fsp3) is 0.588. The van der Waals surface area contributed by atoms with E-state index in [-0.39, 0.29) is 10.8 Å². The van der Waals surface area contributed by atoms with Crippen molar-refractivity contribution in [2.24, 2.45) is 0 Å². The molecule has 2 aliphatic heterocycles. The van der Waals surface area contributed by atoms with Crippen LogP contribution in [0.5, 0.6) is 0 Å². The van der Waals surface area contributed by atoms with Crippen molar-refractivity contribution in [3.05, 3.63) is 29.8 Å². The zero-order valence-corrected chi connectivity index (χ0v) is 15.0. The number of nitrogens with zero attached hydrogens (tertiary/aromatic N) is 2. The maximum absolute atomic E-state index is 12.6. The summed E-state index contributed by atoms with van der Waals surface area (Å²) in [6.45, 7) is 4.13. The summed E-state index contributed by atoms with van der Waals surface area (Å²) in [6.07, 6.45) is 1.03. The minimum absolute atomic E-state index is 0.119. The molecule has 7 nitrogen and oxygen atoms in total. The first-order chi connectivity index (χ1) is 12.1. The number of rotatable bonds is 5. The summed E-state index contributed by atoms with van der Waals surface area (Å²) < 4.78 is 37.0. The van der Waals surface area contributed by atoms with Gasteiger partial charge in [0.2, 0.25) is 15.9 Å². The third-order valence-electron chi connectivity index (χ3n) is 4.52. The molecule has 2 aliphatic rings. The van der Waals surface area contributed by atoms with Gasteiger partial charge in [-0.15, -0.1) is 0 Å². The summed E-state index contributed by atoms with van der Waals surface area (Å²) in [5, 5.41) is 0. The Morgan fingerprint density at radius 1 is 0.920 bits per heavy atom. The van der Waals surface area contributed by atoms with Crippen LogP contribution >= 0.6 is 0 Å². The van der Waals surface area contributed by atoms with Crippen LogP contribution in [-0.2, 0) is 30.7 Å². The fourth-order valence-corrected chi connectivity index (χ4v) is 4.39. The van der Waals surface area contributed by atoms with Gasteiger partial charge in [-0.25, -0.2) is 8.42 Å². The van der Waals surface area contributed by atoms with Crippen molar-refractivity contribution in [2.45, 2.75) is 17.7 Å². The lowest BCUT2D eigenvalue weighted by atomic mass is 10.1. The number of carbonyl (C=O) groups excluding carboxylic acids is 1. The Kier molecular flexibility index (Phi) is 6.06. The van der Waals surface area contributed by atoms with E-state index < -0.39 is 10.0 Å². The number of hydrogen-bond acceptors (Lipinski definition) is 5. The van der Waals surface area contributed by atoms with Crippen molar-refractivity contribution < 1.29 is 22.7 Å². The van der Waals surface area contributed by atoms with Gasteiger partial charge in [0.1, 0.15) is 0 Å². The first-order valence-electron chi connectivity index (χ1n) is 8.60. The van der Waals surface area contributed by atoms with Crippen LogP contribution in [0.15, 0.2) is 29.2 Å². The number of sulfonamides is 1. The Morgan fingerprint density at radius 3 is 2.08 bits per heavy atom. The van der Waals surface area contributed by atoms with Gasteiger partial charge in [-0.3, -0.25) is 4.79 Å². The molecule has 138 valence electrons. The molecule has 3 rings (SSSR count). The largest absolute Gasteiger partial charge is 0.379 e. The third kappa shape index (κ3) is 4.58. The van der Waals surface area contributed by atoms with Crippen LogP contribution in [0.3, 0.4) is 0 Å². The lowest BCUT2D eigenvalue weighted by molar-refractivity contribution is -0.135. The lowest BCUT2D eigenvalue weighted by Crippen LogP contribution is -2.40. The van der Waals surface area contributed by atoms with E-state index in [0.717, 1.165) is 5.56 Å². The summed E-state index contributed by atoms with van der Waals surface area (Å²) in [5.74, 6) is 0.119. The zero-order valence-electron chi connectivity index (χ0n) is 14.2. The Labute approximate surface area is 148 Å². The molecule has 1 amide bonds. The molecular formula is C17H24N2O5S. The molecular weight excluding hydrogens is 344 g/mol. The monoisotopic (exact) mass is 368 g/mol. The normalized spacial score (nSPS) is 19.8. The number of morpholine rings is 2. The van der Waals surface area contributed by atoms with Crippen molar-refractivity contribution in [1.82, 2.24) is 9.21 Å². The van der Waals surface area contributed by atoms with Gasteiger partial charge in [0.25, 0.3) is 0 Å². The zero-order chi connectivity index (χ0) is 17.7. The number of amides is 1. The molecule has 0 aliphatic carbocycles. The van der Waals surface area contributed by atoms with Gasteiger partial charge in [-0.05, 0) is 24.1 Å². The fourth-order valence-electron chi connectivity index (χ4n) is 2.99.